The Hall–Kier alpha value is -1.62. The first-order valence-corrected chi connectivity index (χ1v) is 6.07. The molecule has 0 radical (unpaired) electrons. The summed E-state index contributed by atoms with van der Waals surface area (Å²) in [6.07, 6.45) is 2.90. The topological polar surface area (TPSA) is 62.5 Å². The summed E-state index contributed by atoms with van der Waals surface area (Å²) in [5.41, 5.74) is 0.230. The summed E-state index contributed by atoms with van der Waals surface area (Å²) in [6, 6.07) is 3.00. The van der Waals surface area contributed by atoms with Crippen molar-refractivity contribution < 1.29 is 9.90 Å². The zero-order valence-electron chi connectivity index (χ0n) is 10.7. The molecule has 1 amide bonds. The second-order valence-electron chi connectivity index (χ2n) is 5.04. The number of aromatic nitrogens is 1. The van der Waals surface area contributed by atoms with Crippen LogP contribution in [0.3, 0.4) is 0 Å². The van der Waals surface area contributed by atoms with Crippen LogP contribution >= 0.6 is 0 Å². The molecular formula is C13H18N2O3. The van der Waals surface area contributed by atoms with E-state index >= 15 is 0 Å². The third-order valence-corrected chi connectivity index (χ3v) is 3.44. The maximum absolute atomic E-state index is 12.1. The van der Waals surface area contributed by atoms with E-state index in [1.807, 2.05) is 0 Å². The number of aliphatic hydroxyl groups excluding tert-OH is 1. The van der Waals surface area contributed by atoms with E-state index in [9.17, 15) is 14.7 Å². The number of hydrogen-bond donors (Lipinski definition) is 1. The van der Waals surface area contributed by atoms with E-state index in [2.05, 4.69) is 0 Å². The van der Waals surface area contributed by atoms with Crippen LogP contribution in [0.15, 0.2) is 23.1 Å². The first-order valence-electron chi connectivity index (χ1n) is 6.07. The average molecular weight is 250 g/mol. The summed E-state index contributed by atoms with van der Waals surface area (Å²) < 4.78 is 1.43. The Kier molecular flexibility index (Phi) is 3.52. The number of rotatable bonds is 3. The fourth-order valence-electron chi connectivity index (χ4n) is 2.22. The van der Waals surface area contributed by atoms with Crippen molar-refractivity contribution in [2.45, 2.75) is 18.9 Å². The first kappa shape index (κ1) is 12.8. The number of hydrogen-bond acceptors (Lipinski definition) is 3. The molecule has 18 heavy (non-hydrogen) atoms. The lowest BCUT2D eigenvalue weighted by molar-refractivity contribution is 0.0265. The highest BCUT2D eigenvalue weighted by molar-refractivity contribution is 5.93. The molecule has 2 rings (SSSR count). The van der Waals surface area contributed by atoms with Crippen molar-refractivity contribution in [3.8, 4) is 0 Å². The molecule has 5 heteroatoms. The summed E-state index contributed by atoms with van der Waals surface area (Å²) in [7, 11) is 3.38. The van der Waals surface area contributed by atoms with Gasteiger partial charge in [-0.15, -0.1) is 0 Å². The third kappa shape index (κ3) is 2.61. The fraction of sp³-hybridized carbons (Fsp3) is 0.538. The standard InChI is InChI=1S/C13H18N2O3/c1-14-4-3-10(7-12(14)17)13(18)15(2)8-9-5-11(16)6-9/h3-4,7,9,11,16H,5-6,8H2,1-2H3. The maximum Gasteiger partial charge on any atom is 0.253 e. The smallest absolute Gasteiger partial charge is 0.253 e. The Morgan fingerprint density at radius 1 is 1.56 bits per heavy atom. The van der Waals surface area contributed by atoms with Crippen molar-refractivity contribution in [3.05, 3.63) is 34.2 Å². The fourth-order valence-corrected chi connectivity index (χ4v) is 2.22. The number of nitrogens with zero attached hydrogens (tertiary/aromatic N) is 2. The number of carbonyl (C=O) groups is 1. The van der Waals surface area contributed by atoms with E-state index in [0.29, 0.717) is 18.0 Å². The third-order valence-electron chi connectivity index (χ3n) is 3.44. The highest BCUT2D eigenvalue weighted by Gasteiger charge is 2.29. The van der Waals surface area contributed by atoms with Crippen LogP contribution < -0.4 is 5.56 Å². The molecule has 1 aliphatic rings. The zero-order valence-corrected chi connectivity index (χ0v) is 10.7. The molecule has 1 aromatic rings. The second-order valence-corrected chi connectivity index (χ2v) is 5.04. The van der Waals surface area contributed by atoms with E-state index < -0.39 is 0 Å². The monoisotopic (exact) mass is 250 g/mol. The maximum atomic E-state index is 12.1. The van der Waals surface area contributed by atoms with Crippen LogP contribution in [0.25, 0.3) is 0 Å². The number of aliphatic hydroxyl groups is 1. The molecule has 0 spiro atoms. The highest BCUT2D eigenvalue weighted by Crippen LogP contribution is 2.27. The minimum atomic E-state index is -0.206. The molecule has 5 nitrogen and oxygen atoms in total. The van der Waals surface area contributed by atoms with Crippen molar-refractivity contribution in [2.75, 3.05) is 13.6 Å². The van der Waals surface area contributed by atoms with Gasteiger partial charge in [0.2, 0.25) is 0 Å². The van der Waals surface area contributed by atoms with E-state index in [-0.39, 0.29) is 17.6 Å². The Bertz CT molecular complexity index is 503. The number of aryl methyl sites for hydroxylation is 1. The summed E-state index contributed by atoms with van der Waals surface area (Å²) in [6.45, 7) is 0.630. The van der Waals surface area contributed by atoms with Crippen molar-refractivity contribution in [3.63, 3.8) is 0 Å². The predicted molar refractivity (Wildman–Crippen MR) is 67.4 cm³/mol. The van der Waals surface area contributed by atoms with E-state index in [1.165, 1.54) is 10.6 Å². The Morgan fingerprint density at radius 2 is 2.22 bits per heavy atom. The van der Waals surface area contributed by atoms with Gasteiger partial charge in [-0.2, -0.15) is 0 Å². The molecular weight excluding hydrogens is 232 g/mol. The molecule has 1 N–H and O–H groups in total. The SMILES string of the molecule is CN(CC1CC(O)C1)C(=O)c1ccn(C)c(=O)c1. The van der Waals surface area contributed by atoms with Gasteiger partial charge in [0.05, 0.1) is 6.10 Å². The zero-order chi connectivity index (χ0) is 13.3. The van der Waals surface area contributed by atoms with Gasteiger partial charge in [0.25, 0.3) is 11.5 Å². The van der Waals surface area contributed by atoms with Gasteiger partial charge in [0.1, 0.15) is 0 Å². The summed E-state index contributed by atoms with van der Waals surface area (Å²) >= 11 is 0. The van der Waals surface area contributed by atoms with E-state index in [1.54, 1.807) is 31.3 Å². The lowest BCUT2D eigenvalue weighted by Gasteiger charge is -2.34. The van der Waals surface area contributed by atoms with Gasteiger partial charge in [0.15, 0.2) is 0 Å². The van der Waals surface area contributed by atoms with Crippen molar-refractivity contribution in [1.29, 1.82) is 0 Å². The van der Waals surface area contributed by atoms with Gasteiger partial charge in [-0.1, -0.05) is 0 Å². The predicted octanol–water partition coefficient (Wildman–Crippen LogP) is 0.228. The van der Waals surface area contributed by atoms with Gasteiger partial charge in [-0.3, -0.25) is 9.59 Å². The average Bonchev–Trinajstić information content (AvgIpc) is 2.29. The highest BCUT2D eigenvalue weighted by atomic mass is 16.3. The molecule has 98 valence electrons. The van der Waals surface area contributed by atoms with Crippen molar-refractivity contribution in [1.82, 2.24) is 9.47 Å². The lowest BCUT2D eigenvalue weighted by atomic mass is 9.82. The van der Waals surface area contributed by atoms with Gasteiger partial charge in [-0.25, -0.2) is 0 Å². The molecule has 1 aromatic heterocycles. The molecule has 1 heterocycles. The summed E-state index contributed by atoms with van der Waals surface area (Å²) in [4.78, 5) is 25.2. The minimum absolute atomic E-state index is 0.144. The largest absolute Gasteiger partial charge is 0.393 e. The van der Waals surface area contributed by atoms with Crippen LogP contribution in [-0.4, -0.2) is 40.2 Å². The second kappa shape index (κ2) is 4.94. The van der Waals surface area contributed by atoms with Crippen molar-refractivity contribution in [2.24, 2.45) is 13.0 Å². The normalized spacial score (nSPS) is 22.4. The first-order chi connectivity index (χ1) is 8.47. The van der Waals surface area contributed by atoms with Gasteiger partial charge in [0, 0.05) is 38.5 Å². The van der Waals surface area contributed by atoms with Gasteiger partial charge in [-0.05, 0) is 24.8 Å². The number of carbonyl (C=O) groups excluding carboxylic acids is 1. The van der Waals surface area contributed by atoms with Crippen LogP contribution in [-0.2, 0) is 7.05 Å². The quantitative estimate of drug-likeness (QED) is 0.835. The minimum Gasteiger partial charge on any atom is -0.393 e. The Morgan fingerprint density at radius 3 is 2.78 bits per heavy atom. The van der Waals surface area contributed by atoms with E-state index in [4.69, 9.17) is 0 Å². The Balaban J connectivity index is 2.01. The van der Waals surface area contributed by atoms with Crippen LogP contribution in [0.4, 0.5) is 0 Å². The molecule has 0 bridgehead atoms. The summed E-state index contributed by atoms with van der Waals surface area (Å²) in [5, 5.41) is 9.21. The molecule has 1 saturated carbocycles. The van der Waals surface area contributed by atoms with Gasteiger partial charge < -0.3 is 14.6 Å². The number of amides is 1. The molecule has 0 atom stereocenters. The summed E-state index contributed by atoms with van der Waals surface area (Å²) in [5.74, 6) is 0.231. The molecule has 0 aromatic carbocycles. The molecule has 0 aliphatic heterocycles. The van der Waals surface area contributed by atoms with Crippen LogP contribution in [0.2, 0.25) is 0 Å². The number of pyridine rings is 1. The Labute approximate surface area is 106 Å². The van der Waals surface area contributed by atoms with E-state index in [0.717, 1.165) is 12.8 Å². The lowest BCUT2D eigenvalue weighted by Crippen LogP contribution is -2.39. The van der Waals surface area contributed by atoms with Crippen molar-refractivity contribution >= 4 is 5.91 Å². The van der Waals surface area contributed by atoms with Gasteiger partial charge >= 0.3 is 0 Å². The van der Waals surface area contributed by atoms with Crippen LogP contribution in [0.1, 0.15) is 23.2 Å². The molecule has 1 aliphatic carbocycles. The van der Waals surface area contributed by atoms with Crippen LogP contribution in [0.5, 0.6) is 0 Å². The molecule has 0 saturated heterocycles. The molecule has 1 fully saturated rings. The molecule has 0 unspecified atom stereocenters. The van der Waals surface area contributed by atoms with Crippen LogP contribution in [0, 0.1) is 5.92 Å².